The summed E-state index contributed by atoms with van der Waals surface area (Å²) in [5, 5.41) is 13.1. The van der Waals surface area contributed by atoms with Gasteiger partial charge in [0.2, 0.25) is 5.89 Å². The van der Waals surface area contributed by atoms with E-state index in [-0.39, 0.29) is 29.0 Å². The molecule has 0 aromatic carbocycles. The number of hydrogen-bond donors (Lipinski definition) is 4. The van der Waals surface area contributed by atoms with E-state index in [1.807, 2.05) is 0 Å². The van der Waals surface area contributed by atoms with Gasteiger partial charge >= 0.3 is 0 Å². The number of nitrogens with two attached hydrogens (primary N) is 1. The van der Waals surface area contributed by atoms with Crippen molar-refractivity contribution >= 4 is 23.3 Å². The molecule has 12 heteroatoms. The zero-order valence-corrected chi connectivity index (χ0v) is 16.8. The van der Waals surface area contributed by atoms with Crippen LogP contribution >= 0.6 is 0 Å². The van der Waals surface area contributed by atoms with Crippen LogP contribution in [0.15, 0.2) is 35.2 Å². The average Bonchev–Trinajstić information content (AvgIpc) is 3.35. The monoisotopic (exact) mass is 426 g/mol. The second-order valence-corrected chi connectivity index (χ2v) is 6.89. The molecule has 0 aliphatic carbocycles. The summed E-state index contributed by atoms with van der Waals surface area (Å²) in [6.07, 6.45) is 4.44. The van der Waals surface area contributed by atoms with Crippen molar-refractivity contribution in [1.82, 2.24) is 25.1 Å². The Morgan fingerprint density at radius 1 is 1.42 bits per heavy atom. The molecule has 0 unspecified atom stereocenters. The van der Waals surface area contributed by atoms with Gasteiger partial charge < -0.3 is 30.8 Å². The molecule has 0 saturated carbocycles. The van der Waals surface area contributed by atoms with Crippen molar-refractivity contribution in [2.75, 3.05) is 44.0 Å². The third-order valence-corrected chi connectivity index (χ3v) is 4.70. The molecule has 1 fully saturated rings. The number of anilines is 2. The molecule has 4 heterocycles. The first-order valence-electron chi connectivity index (χ1n) is 9.61. The summed E-state index contributed by atoms with van der Waals surface area (Å²) in [5.41, 5.74) is 6.32. The first kappa shape index (κ1) is 20.5. The molecular formula is C19H22N8O4. The molecule has 0 atom stereocenters. The van der Waals surface area contributed by atoms with E-state index in [1.165, 1.54) is 6.26 Å². The van der Waals surface area contributed by atoms with Crippen LogP contribution in [0, 0.1) is 0 Å². The van der Waals surface area contributed by atoms with Crippen LogP contribution in [0.4, 0.5) is 11.5 Å². The van der Waals surface area contributed by atoms with Crippen LogP contribution in [-0.4, -0.2) is 64.9 Å². The predicted octanol–water partition coefficient (Wildman–Crippen LogP) is 0.487. The van der Waals surface area contributed by atoms with Gasteiger partial charge in [-0.2, -0.15) is 5.10 Å². The van der Waals surface area contributed by atoms with Gasteiger partial charge in [-0.1, -0.05) is 0 Å². The zero-order valence-electron chi connectivity index (χ0n) is 16.8. The number of amides is 2. The second-order valence-electron chi connectivity index (χ2n) is 6.89. The average molecular weight is 426 g/mol. The maximum absolute atomic E-state index is 12.7. The fraction of sp³-hybridized carbons (Fsp3) is 0.316. The number of carbonyl (C=O) groups excluding carboxylic acids is 2. The highest BCUT2D eigenvalue weighted by Crippen LogP contribution is 2.23. The van der Waals surface area contributed by atoms with Crippen molar-refractivity contribution in [2.45, 2.75) is 6.04 Å². The number of ether oxygens (including phenoxy) is 1. The Morgan fingerprint density at radius 2 is 2.26 bits per heavy atom. The van der Waals surface area contributed by atoms with Gasteiger partial charge in [0.15, 0.2) is 11.4 Å². The number of nitrogens with one attached hydrogen (secondary N) is 3. The molecule has 162 valence electrons. The zero-order chi connectivity index (χ0) is 21.8. The maximum atomic E-state index is 12.7. The van der Waals surface area contributed by atoms with Crippen molar-refractivity contribution in [3.05, 3.63) is 42.2 Å². The number of methoxy groups -OCH3 is 1. The Balaban J connectivity index is 1.48. The summed E-state index contributed by atoms with van der Waals surface area (Å²) in [6, 6.07) is 3.59. The number of carbonyl (C=O) groups is 2. The predicted molar refractivity (Wildman–Crippen MR) is 111 cm³/mol. The van der Waals surface area contributed by atoms with E-state index < -0.39 is 11.8 Å². The van der Waals surface area contributed by atoms with Gasteiger partial charge in [0.05, 0.1) is 18.3 Å². The number of nitrogens with zero attached hydrogens (tertiary/aromatic N) is 4. The summed E-state index contributed by atoms with van der Waals surface area (Å²) < 4.78 is 12.1. The van der Waals surface area contributed by atoms with Gasteiger partial charge in [-0.15, -0.1) is 0 Å². The fourth-order valence-corrected chi connectivity index (χ4v) is 2.95. The van der Waals surface area contributed by atoms with Crippen LogP contribution in [0.2, 0.25) is 0 Å². The maximum Gasteiger partial charge on any atom is 0.277 e. The van der Waals surface area contributed by atoms with Crippen LogP contribution in [0.25, 0.3) is 11.5 Å². The quantitative estimate of drug-likeness (QED) is 0.357. The summed E-state index contributed by atoms with van der Waals surface area (Å²) in [4.78, 5) is 32.8. The summed E-state index contributed by atoms with van der Waals surface area (Å²) in [5.74, 6) is -0.389. The van der Waals surface area contributed by atoms with Crippen LogP contribution in [0.3, 0.4) is 0 Å². The molecule has 4 rings (SSSR count). The van der Waals surface area contributed by atoms with Gasteiger partial charge in [-0.3, -0.25) is 14.3 Å². The molecule has 0 radical (unpaired) electrons. The second kappa shape index (κ2) is 8.93. The SMILES string of the molecule is COCCNc1cc(-c2nc(C(=O)Nc3cn(C4CNC4)nc3C(N)=O)co2)ccn1. The van der Waals surface area contributed by atoms with Gasteiger partial charge in [0.25, 0.3) is 11.8 Å². The fourth-order valence-electron chi connectivity index (χ4n) is 2.95. The molecule has 1 saturated heterocycles. The lowest BCUT2D eigenvalue weighted by Gasteiger charge is -2.27. The van der Waals surface area contributed by atoms with Crippen molar-refractivity contribution in [2.24, 2.45) is 5.73 Å². The highest BCUT2D eigenvalue weighted by molar-refractivity contribution is 6.07. The molecule has 2 amide bonds. The van der Waals surface area contributed by atoms with Crippen molar-refractivity contribution in [3.8, 4) is 11.5 Å². The Kier molecular flexibility index (Phi) is 5.91. The number of primary amides is 1. The van der Waals surface area contributed by atoms with Gasteiger partial charge in [-0.05, 0) is 12.1 Å². The van der Waals surface area contributed by atoms with Crippen LogP contribution in [0.1, 0.15) is 27.0 Å². The number of hydrogen-bond acceptors (Lipinski definition) is 9. The lowest BCUT2D eigenvalue weighted by Crippen LogP contribution is -2.43. The largest absolute Gasteiger partial charge is 0.444 e. The first-order valence-corrected chi connectivity index (χ1v) is 9.61. The summed E-state index contributed by atoms with van der Waals surface area (Å²) in [7, 11) is 1.62. The minimum atomic E-state index is -0.729. The van der Waals surface area contributed by atoms with Crippen LogP contribution < -0.4 is 21.7 Å². The number of rotatable bonds is 9. The Hall–Kier alpha value is -3.77. The highest BCUT2D eigenvalue weighted by Gasteiger charge is 2.25. The van der Waals surface area contributed by atoms with Gasteiger partial charge in [-0.25, -0.2) is 9.97 Å². The molecular weight excluding hydrogens is 404 g/mol. The minimum Gasteiger partial charge on any atom is -0.444 e. The lowest BCUT2D eigenvalue weighted by atomic mass is 10.2. The minimum absolute atomic E-state index is 0.00937. The molecule has 3 aromatic rings. The molecule has 12 nitrogen and oxygen atoms in total. The lowest BCUT2D eigenvalue weighted by molar-refractivity contribution is 0.0994. The molecule has 31 heavy (non-hydrogen) atoms. The molecule has 0 spiro atoms. The molecule has 5 N–H and O–H groups in total. The molecule has 1 aliphatic rings. The van der Waals surface area contributed by atoms with Gasteiger partial charge in [0.1, 0.15) is 12.1 Å². The van der Waals surface area contributed by atoms with E-state index in [4.69, 9.17) is 14.9 Å². The highest BCUT2D eigenvalue weighted by atomic mass is 16.5. The molecule has 0 bridgehead atoms. The standard InChI is InChI=1S/C19H22N8O4/c1-30-5-4-23-15-6-11(2-3-22-15)19-25-14(10-31-19)18(29)24-13-9-27(12-7-21-8-12)26-16(13)17(20)28/h2-3,6,9-10,12,21H,4-5,7-8H2,1H3,(H2,20,28)(H,22,23)(H,24,29). The van der Waals surface area contributed by atoms with Gasteiger partial charge in [0, 0.05) is 44.7 Å². The summed E-state index contributed by atoms with van der Waals surface area (Å²) in [6.45, 7) is 2.59. The Bertz CT molecular complexity index is 1090. The van der Waals surface area contributed by atoms with Crippen LogP contribution in [-0.2, 0) is 4.74 Å². The Morgan fingerprint density at radius 3 is 2.97 bits per heavy atom. The van der Waals surface area contributed by atoms with E-state index in [0.29, 0.717) is 24.5 Å². The third kappa shape index (κ3) is 4.54. The van der Waals surface area contributed by atoms with Crippen molar-refractivity contribution in [1.29, 1.82) is 0 Å². The van der Waals surface area contributed by atoms with Crippen LogP contribution in [0.5, 0.6) is 0 Å². The summed E-state index contributed by atoms with van der Waals surface area (Å²) >= 11 is 0. The molecule has 1 aliphatic heterocycles. The van der Waals surface area contributed by atoms with E-state index in [0.717, 1.165) is 13.1 Å². The first-order chi connectivity index (χ1) is 15.0. The van der Waals surface area contributed by atoms with Crippen molar-refractivity contribution < 1.29 is 18.7 Å². The van der Waals surface area contributed by atoms with E-state index in [1.54, 1.807) is 36.3 Å². The third-order valence-electron chi connectivity index (χ3n) is 4.70. The number of aromatic nitrogens is 4. The smallest absolute Gasteiger partial charge is 0.277 e. The van der Waals surface area contributed by atoms with E-state index in [2.05, 4.69) is 31.0 Å². The van der Waals surface area contributed by atoms with E-state index >= 15 is 0 Å². The number of pyridine rings is 1. The van der Waals surface area contributed by atoms with E-state index in [9.17, 15) is 9.59 Å². The van der Waals surface area contributed by atoms with Crippen molar-refractivity contribution in [3.63, 3.8) is 0 Å². The topological polar surface area (TPSA) is 162 Å². The Labute approximate surface area is 177 Å². The number of oxazole rings is 1. The molecule has 3 aromatic heterocycles. The normalized spacial score (nSPS) is 13.6.